The van der Waals surface area contributed by atoms with E-state index in [0.717, 1.165) is 45.0 Å². The fourth-order valence-electron chi connectivity index (χ4n) is 6.12. The number of carbonyl (C=O) groups is 2. The van der Waals surface area contributed by atoms with Crippen LogP contribution < -0.4 is 0 Å². The molecule has 0 amide bonds. The normalized spacial score (nSPS) is 22.7. The molecule has 0 aliphatic carbocycles. The highest BCUT2D eigenvalue weighted by molar-refractivity contribution is 6.02. The van der Waals surface area contributed by atoms with Crippen LogP contribution in [0.5, 0.6) is 0 Å². The Hall–Kier alpha value is -3.12. The molecule has 0 N–H and O–H groups in total. The van der Waals surface area contributed by atoms with E-state index in [4.69, 9.17) is 4.74 Å². The topological polar surface area (TPSA) is 49.9 Å². The molecule has 2 heterocycles. The number of ether oxygens (including phenoxy) is 1. The van der Waals surface area contributed by atoms with Gasteiger partial charge in [-0.25, -0.2) is 0 Å². The van der Waals surface area contributed by atoms with Gasteiger partial charge in [0.1, 0.15) is 0 Å². The SMILES string of the molecule is Cc1cccc(C2C(C(=O)c3ccccc3)CN(CCN3CCOCC3)CC2C(=O)c2ccccc2)c1C. The van der Waals surface area contributed by atoms with Gasteiger partial charge in [0.05, 0.1) is 13.2 Å². The fraction of sp³-hybridized carbons (Fsp3) is 0.394. The number of benzene rings is 3. The highest BCUT2D eigenvalue weighted by Gasteiger charge is 2.45. The second-order valence-electron chi connectivity index (χ2n) is 10.7. The maximum atomic E-state index is 14.2. The number of Topliss-reactive ketones (excluding diaryl/α,β-unsaturated/α-hetero) is 2. The highest BCUT2D eigenvalue weighted by Crippen LogP contribution is 2.42. The number of carbonyl (C=O) groups excluding carboxylic acids is 2. The van der Waals surface area contributed by atoms with E-state index in [-0.39, 0.29) is 29.3 Å². The summed E-state index contributed by atoms with van der Waals surface area (Å²) >= 11 is 0. The first kappa shape index (κ1) is 26.5. The molecule has 2 aliphatic rings. The Morgan fingerprint density at radius 3 is 1.79 bits per heavy atom. The molecule has 198 valence electrons. The van der Waals surface area contributed by atoms with E-state index in [0.29, 0.717) is 24.2 Å². The molecular weight excluding hydrogens is 472 g/mol. The van der Waals surface area contributed by atoms with Crippen LogP contribution in [0.3, 0.4) is 0 Å². The van der Waals surface area contributed by atoms with E-state index in [2.05, 4.69) is 41.8 Å². The van der Waals surface area contributed by atoms with Crippen molar-refractivity contribution in [3.8, 4) is 0 Å². The van der Waals surface area contributed by atoms with Gasteiger partial charge in [0, 0.05) is 68.1 Å². The second kappa shape index (κ2) is 12.2. The van der Waals surface area contributed by atoms with Crippen LogP contribution in [-0.4, -0.2) is 73.8 Å². The zero-order valence-corrected chi connectivity index (χ0v) is 22.5. The summed E-state index contributed by atoms with van der Waals surface area (Å²) in [6, 6.07) is 25.5. The Kier molecular flexibility index (Phi) is 8.48. The maximum Gasteiger partial charge on any atom is 0.167 e. The molecule has 3 aromatic rings. The molecule has 5 heteroatoms. The summed E-state index contributed by atoms with van der Waals surface area (Å²) in [7, 11) is 0. The summed E-state index contributed by atoms with van der Waals surface area (Å²) in [5, 5.41) is 0. The smallest absolute Gasteiger partial charge is 0.167 e. The molecule has 2 fully saturated rings. The summed E-state index contributed by atoms with van der Waals surface area (Å²) in [5.41, 5.74) is 4.92. The van der Waals surface area contributed by atoms with Crippen LogP contribution in [0.25, 0.3) is 0 Å². The molecule has 3 aromatic carbocycles. The minimum Gasteiger partial charge on any atom is -0.379 e. The van der Waals surface area contributed by atoms with Crippen molar-refractivity contribution in [1.29, 1.82) is 0 Å². The Labute approximate surface area is 226 Å². The van der Waals surface area contributed by atoms with Crippen LogP contribution in [-0.2, 0) is 4.74 Å². The predicted molar refractivity (Wildman–Crippen MR) is 151 cm³/mol. The minimum atomic E-state index is -0.311. The van der Waals surface area contributed by atoms with Gasteiger partial charge in [0.25, 0.3) is 0 Å². The predicted octanol–water partition coefficient (Wildman–Crippen LogP) is 5.03. The number of rotatable bonds is 8. The molecule has 38 heavy (non-hydrogen) atoms. The van der Waals surface area contributed by atoms with E-state index < -0.39 is 0 Å². The lowest BCUT2D eigenvalue weighted by Gasteiger charge is -2.44. The van der Waals surface area contributed by atoms with Crippen LogP contribution in [0.4, 0.5) is 0 Å². The molecule has 5 rings (SSSR count). The number of morpholine rings is 1. The Morgan fingerprint density at radius 1 is 0.711 bits per heavy atom. The van der Waals surface area contributed by atoms with Gasteiger partial charge >= 0.3 is 0 Å². The van der Waals surface area contributed by atoms with Gasteiger partial charge < -0.3 is 9.64 Å². The average Bonchev–Trinajstić information content (AvgIpc) is 2.98. The number of hydrogen-bond donors (Lipinski definition) is 0. The molecule has 2 atom stereocenters. The van der Waals surface area contributed by atoms with E-state index in [1.165, 1.54) is 11.1 Å². The summed E-state index contributed by atoms with van der Waals surface area (Å²) in [6.45, 7) is 10.7. The average molecular weight is 511 g/mol. The molecule has 2 aliphatic heterocycles. The van der Waals surface area contributed by atoms with Crippen molar-refractivity contribution in [3.63, 3.8) is 0 Å². The lowest BCUT2D eigenvalue weighted by atomic mass is 9.67. The van der Waals surface area contributed by atoms with Crippen molar-refractivity contribution in [2.45, 2.75) is 19.8 Å². The van der Waals surface area contributed by atoms with Crippen LogP contribution >= 0.6 is 0 Å². The van der Waals surface area contributed by atoms with Gasteiger partial charge in [0.15, 0.2) is 11.6 Å². The van der Waals surface area contributed by atoms with E-state index in [9.17, 15) is 9.59 Å². The van der Waals surface area contributed by atoms with E-state index in [1.807, 2.05) is 60.7 Å². The molecular formula is C33H38N2O3. The maximum absolute atomic E-state index is 14.2. The lowest BCUT2D eigenvalue weighted by Crippen LogP contribution is -2.52. The molecule has 2 unspecified atom stereocenters. The Morgan fingerprint density at radius 2 is 1.24 bits per heavy atom. The summed E-state index contributed by atoms with van der Waals surface area (Å²) in [5.74, 6) is -0.560. The van der Waals surface area contributed by atoms with Gasteiger partial charge in [-0.05, 0) is 30.5 Å². The molecule has 0 spiro atoms. The zero-order valence-electron chi connectivity index (χ0n) is 22.5. The summed E-state index contributed by atoms with van der Waals surface area (Å²) in [6.07, 6.45) is 0. The molecule has 0 bridgehead atoms. The third kappa shape index (κ3) is 5.80. The number of ketones is 2. The summed E-state index contributed by atoms with van der Waals surface area (Å²) in [4.78, 5) is 33.1. The number of aryl methyl sites for hydroxylation is 1. The monoisotopic (exact) mass is 510 g/mol. The van der Waals surface area contributed by atoms with E-state index in [1.54, 1.807) is 0 Å². The van der Waals surface area contributed by atoms with Crippen molar-refractivity contribution in [1.82, 2.24) is 9.80 Å². The van der Waals surface area contributed by atoms with Crippen molar-refractivity contribution in [3.05, 3.63) is 107 Å². The van der Waals surface area contributed by atoms with Gasteiger partial charge in [-0.3, -0.25) is 14.5 Å². The Bertz CT molecular complexity index is 1180. The van der Waals surface area contributed by atoms with Crippen LogP contribution in [0.1, 0.15) is 43.3 Å². The van der Waals surface area contributed by atoms with Crippen molar-refractivity contribution < 1.29 is 14.3 Å². The molecule has 0 aromatic heterocycles. The van der Waals surface area contributed by atoms with Gasteiger partial charge in [-0.2, -0.15) is 0 Å². The largest absolute Gasteiger partial charge is 0.379 e. The molecule has 2 saturated heterocycles. The fourth-order valence-corrected chi connectivity index (χ4v) is 6.12. The van der Waals surface area contributed by atoms with E-state index >= 15 is 0 Å². The first-order chi connectivity index (χ1) is 18.5. The van der Waals surface area contributed by atoms with Gasteiger partial charge in [-0.15, -0.1) is 0 Å². The standard InChI is InChI=1S/C33H38N2O3/c1-24-10-9-15-28(25(24)2)31-29(32(36)26-11-5-3-6-12-26)22-35(17-16-34-18-20-38-21-19-34)23-30(31)33(37)27-13-7-4-8-14-27/h3-15,29-31H,16-23H2,1-2H3. The Balaban J connectivity index is 1.54. The minimum absolute atomic E-state index is 0.124. The number of nitrogens with zero attached hydrogens (tertiary/aromatic N) is 2. The van der Waals surface area contributed by atoms with Gasteiger partial charge in [-0.1, -0.05) is 78.9 Å². The third-order valence-corrected chi connectivity index (χ3v) is 8.41. The van der Waals surface area contributed by atoms with Gasteiger partial charge in [0.2, 0.25) is 0 Å². The van der Waals surface area contributed by atoms with Crippen molar-refractivity contribution in [2.24, 2.45) is 11.8 Å². The quantitative estimate of drug-likeness (QED) is 0.398. The zero-order chi connectivity index (χ0) is 26.5. The molecule has 0 radical (unpaired) electrons. The first-order valence-corrected chi connectivity index (χ1v) is 13.8. The van der Waals surface area contributed by atoms with Crippen LogP contribution in [0, 0.1) is 25.7 Å². The first-order valence-electron chi connectivity index (χ1n) is 13.8. The number of likely N-dealkylation sites (tertiary alicyclic amines) is 1. The highest BCUT2D eigenvalue weighted by atomic mass is 16.5. The lowest BCUT2D eigenvalue weighted by molar-refractivity contribution is 0.0258. The second-order valence-corrected chi connectivity index (χ2v) is 10.7. The number of piperidine rings is 1. The van der Waals surface area contributed by atoms with Crippen LogP contribution in [0.15, 0.2) is 78.9 Å². The third-order valence-electron chi connectivity index (χ3n) is 8.41. The molecule has 5 nitrogen and oxygen atoms in total. The van der Waals surface area contributed by atoms with Crippen molar-refractivity contribution >= 4 is 11.6 Å². The number of hydrogen-bond acceptors (Lipinski definition) is 5. The van der Waals surface area contributed by atoms with Crippen molar-refractivity contribution in [2.75, 3.05) is 52.5 Å². The molecule has 0 saturated carbocycles. The van der Waals surface area contributed by atoms with Crippen LogP contribution in [0.2, 0.25) is 0 Å². The summed E-state index contributed by atoms with van der Waals surface area (Å²) < 4.78 is 5.53.